The van der Waals surface area contributed by atoms with Crippen LogP contribution in [-0.2, 0) is 0 Å². The second-order valence-electron chi connectivity index (χ2n) is 4.43. The van der Waals surface area contributed by atoms with Crippen molar-refractivity contribution in [3.63, 3.8) is 0 Å². The number of nitrogens with zero attached hydrogens (tertiary/aromatic N) is 2. The summed E-state index contributed by atoms with van der Waals surface area (Å²) in [5, 5.41) is 0. The molecule has 0 spiro atoms. The van der Waals surface area contributed by atoms with E-state index in [1.165, 1.54) is 11.3 Å². The van der Waals surface area contributed by atoms with Crippen LogP contribution in [0.2, 0.25) is 0 Å². The molecule has 0 saturated heterocycles. The molecule has 1 unspecified atom stereocenters. The van der Waals surface area contributed by atoms with Gasteiger partial charge in [-0.3, -0.25) is 4.68 Å². The van der Waals surface area contributed by atoms with Crippen molar-refractivity contribution in [1.82, 2.24) is 4.68 Å². The second kappa shape index (κ2) is 4.95. The van der Waals surface area contributed by atoms with Crippen LogP contribution in [0, 0.1) is 0 Å². The van der Waals surface area contributed by atoms with Gasteiger partial charge in [0.25, 0.3) is 0 Å². The molecule has 0 amide bonds. The van der Waals surface area contributed by atoms with Gasteiger partial charge in [-0.1, -0.05) is 12.1 Å². The average molecular weight is 229 g/mol. The van der Waals surface area contributed by atoms with Gasteiger partial charge in [0.15, 0.2) is 0 Å². The first-order valence-electron chi connectivity index (χ1n) is 5.83. The summed E-state index contributed by atoms with van der Waals surface area (Å²) in [5.41, 5.74) is 5.90. The van der Waals surface area contributed by atoms with Gasteiger partial charge in [-0.2, -0.15) is 0 Å². The molecule has 0 radical (unpaired) electrons. The van der Waals surface area contributed by atoms with E-state index in [1.807, 2.05) is 29.2 Å². The molecule has 1 aromatic carbocycles. The maximum absolute atomic E-state index is 3.39. The van der Waals surface area contributed by atoms with Gasteiger partial charge in [0.2, 0.25) is 0 Å². The zero-order chi connectivity index (χ0) is 12.3. The van der Waals surface area contributed by atoms with E-state index in [9.17, 15) is 0 Å². The highest BCUT2D eigenvalue weighted by molar-refractivity contribution is 5.46. The molecule has 0 saturated carbocycles. The molecule has 0 bridgehead atoms. The summed E-state index contributed by atoms with van der Waals surface area (Å²) in [6.07, 6.45) is 4.01. The van der Waals surface area contributed by atoms with Gasteiger partial charge in [0.05, 0.1) is 6.04 Å². The van der Waals surface area contributed by atoms with Gasteiger partial charge in [-0.15, -0.1) is 0 Å². The van der Waals surface area contributed by atoms with Crippen molar-refractivity contribution < 1.29 is 0 Å². The Balaban J connectivity index is 2.06. The van der Waals surface area contributed by atoms with E-state index in [0.29, 0.717) is 6.04 Å². The van der Waals surface area contributed by atoms with E-state index in [2.05, 4.69) is 55.6 Å². The third-order valence-electron chi connectivity index (χ3n) is 2.86. The summed E-state index contributed by atoms with van der Waals surface area (Å²) in [6.45, 7) is 2.16. The third kappa shape index (κ3) is 2.81. The van der Waals surface area contributed by atoms with Gasteiger partial charge in [-0.05, 0) is 36.8 Å². The largest absolute Gasteiger partial charge is 0.378 e. The number of nitrogens with one attached hydrogen (secondary N) is 1. The molecule has 3 nitrogen and oxygen atoms in total. The summed E-state index contributed by atoms with van der Waals surface area (Å²) in [4.78, 5) is 2.10. The van der Waals surface area contributed by atoms with Crippen LogP contribution < -0.4 is 10.3 Å². The number of hydrogen-bond donors (Lipinski definition) is 1. The lowest BCUT2D eigenvalue weighted by Gasteiger charge is -2.18. The molecule has 2 rings (SSSR count). The Morgan fingerprint density at radius 3 is 2.18 bits per heavy atom. The zero-order valence-electron chi connectivity index (χ0n) is 10.6. The van der Waals surface area contributed by atoms with Crippen molar-refractivity contribution in [3.05, 3.63) is 54.4 Å². The van der Waals surface area contributed by atoms with Gasteiger partial charge >= 0.3 is 0 Å². The lowest BCUT2D eigenvalue weighted by Crippen LogP contribution is -2.17. The summed E-state index contributed by atoms with van der Waals surface area (Å²) in [7, 11) is 4.10. The topological polar surface area (TPSA) is 20.2 Å². The minimum absolute atomic E-state index is 0.290. The number of hydrogen-bond acceptors (Lipinski definition) is 2. The van der Waals surface area contributed by atoms with E-state index in [4.69, 9.17) is 0 Å². The third-order valence-corrected chi connectivity index (χ3v) is 2.86. The smallest absolute Gasteiger partial charge is 0.0645 e. The molecular formula is C14H19N3. The van der Waals surface area contributed by atoms with E-state index in [1.54, 1.807) is 0 Å². The fourth-order valence-electron chi connectivity index (χ4n) is 1.78. The fraction of sp³-hybridized carbons (Fsp3) is 0.286. The fourth-order valence-corrected chi connectivity index (χ4v) is 1.78. The molecular weight excluding hydrogens is 210 g/mol. The van der Waals surface area contributed by atoms with Crippen LogP contribution in [-0.4, -0.2) is 18.8 Å². The molecule has 17 heavy (non-hydrogen) atoms. The Morgan fingerprint density at radius 2 is 1.65 bits per heavy atom. The molecule has 1 N–H and O–H groups in total. The molecule has 1 atom stereocenters. The number of benzene rings is 1. The average Bonchev–Trinajstić information content (AvgIpc) is 2.82. The molecule has 0 aliphatic rings. The lowest BCUT2D eigenvalue weighted by molar-refractivity contribution is 0.728. The summed E-state index contributed by atoms with van der Waals surface area (Å²) in [5.74, 6) is 0. The highest BCUT2D eigenvalue weighted by Crippen LogP contribution is 2.18. The molecule has 0 aliphatic heterocycles. The van der Waals surface area contributed by atoms with Crippen molar-refractivity contribution in [2.45, 2.75) is 13.0 Å². The predicted octanol–water partition coefficient (Wildman–Crippen LogP) is 2.86. The SMILES string of the molecule is CC(Nn1cccc1)c1ccc(N(C)C)cc1. The first kappa shape index (κ1) is 11.6. The normalized spacial score (nSPS) is 12.2. The van der Waals surface area contributed by atoms with Crippen LogP contribution in [0.5, 0.6) is 0 Å². The highest BCUT2D eigenvalue weighted by atomic mass is 15.4. The molecule has 1 heterocycles. The van der Waals surface area contributed by atoms with E-state index in [0.717, 1.165) is 0 Å². The minimum atomic E-state index is 0.290. The maximum Gasteiger partial charge on any atom is 0.0645 e. The van der Waals surface area contributed by atoms with E-state index in [-0.39, 0.29) is 0 Å². The van der Waals surface area contributed by atoms with Gasteiger partial charge < -0.3 is 10.3 Å². The monoisotopic (exact) mass is 229 g/mol. The number of aromatic nitrogens is 1. The van der Waals surface area contributed by atoms with Gasteiger partial charge in [0.1, 0.15) is 0 Å². The van der Waals surface area contributed by atoms with Crippen molar-refractivity contribution >= 4 is 5.69 Å². The quantitative estimate of drug-likeness (QED) is 0.870. The minimum Gasteiger partial charge on any atom is -0.378 e. The van der Waals surface area contributed by atoms with Crippen molar-refractivity contribution in [1.29, 1.82) is 0 Å². The molecule has 2 aromatic rings. The Bertz CT molecular complexity index is 443. The van der Waals surface area contributed by atoms with Crippen LogP contribution >= 0.6 is 0 Å². The molecule has 0 aliphatic carbocycles. The van der Waals surface area contributed by atoms with Crippen LogP contribution in [0.4, 0.5) is 5.69 Å². The van der Waals surface area contributed by atoms with Gasteiger partial charge in [-0.25, -0.2) is 0 Å². The first-order valence-corrected chi connectivity index (χ1v) is 5.83. The van der Waals surface area contributed by atoms with Crippen LogP contribution in [0.25, 0.3) is 0 Å². The summed E-state index contributed by atoms with van der Waals surface area (Å²) < 4.78 is 1.98. The van der Waals surface area contributed by atoms with Crippen LogP contribution in [0.1, 0.15) is 18.5 Å². The second-order valence-corrected chi connectivity index (χ2v) is 4.43. The number of anilines is 1. The number of rotatable bonds is 4. The molecule has 1 aromatic heterocycles. The molecule has 90 valence electrons. The Labute approximate surface area is 103 Å². The van der Waals surface area contributed by atoms with E-state index >= 15 is 0 Å². The zero-order valence-corrected chi connectivity index (χ0v) is 10.6. The molecule has 3 heteroatoms. The van der Waals surface area contributed by atoms with Crippen LogP contribution in [0.15, 0.2) is 48.8 Å². The Hall–Kier alpha value is -1.90. The summed E-state index contributed by atoms with van der Waals surface area (Å²) >= 11 is 0. The van der Waals surface area contributed by atoms with Crippen molar-refractivity contribution in [3.8, 4) is 0 Å². The van der Waals surface area contributed by atoms with Crippen molar-refractivity contribution in [2.24, 2.45) is 0 Å². The summed E-state index contributed by atoms with van der Waals surface area (Å²) in [6, 6.07) is 12.9. The van der Waals surface area contributed by atoms with E-state index < -0.39 is 0 Å². The van der Waals surface area contributed by atoms with Gasteiger partial charge in [0, 0.05) is 32.2 Å². The maximum atomic E-state index is 3.39. The van der Waals surface area contributed by atoms with Crippen molar-refractivity contribution in [2.75, 3.05) is 24.4 Å². The Kier molecular flexibility index (Phi) is 3.38. The standard InChI is InChI=1S/C14H19N3/c1-12(15-17-10-4-5-11-17)13-6-8-14(9-7-13)16(2)3/h4-12,15H,1-3H3. The molecule has 0 fully saturated rings. The predicted molar refractivity (Wildman–Crippen MR) is 73.0 cm³/mol. The Morgan fingerprint density at radius 1 is 1.06 bits per heavy atom. The first-order chi connectivity index (χ1) is 8.16. The lowest BCUT2D eigenvalue weighted by atomic mass is 10.1. The highest BCUT2D eigenvalue weighted by Gasteiger charge is 2.04. The van der Waals surface area contributed by atoms with Crippen LogP contribution in [0.3, 0.4) is 0 Å².